The largest absolute Gasteiger partial charge is 0.484 e. The van der Waals surface area contributed by atoms with Crippen LogP contribution in [0.3, 0.4) is 0 Å². The van der Waals surface area contributed by atoms with Crippen molar-refractivity contribution in [1.29, 1.82) is 0 Å². The lowest BCUT2D eigenvalue weighted by Gasteiger charge is -2.33. The zero-order chi connectivity index (χ0) is 10.8. The van der Waals surface area contributed by atoms with Crippen LogP contribution in [-0.2, 0) is 4.74 Å². The van der Waals surface area contributed by atoms with Crippen LogP contribution in [0.2, 0.25) is 0 Å². The van der Waals surface area contributed by atoms with Gasteiger partial charge in [-0.3, -0.25) is 0 Å². The smallest absolute Gasteiger partial charge is 0.143 e. The molecule has 0 amide bonds. The Kier molecular flexibility index (Phi) is 4.44. The first-order chi connectivity index (χ1) is 7.20. The van der Waals surface area contributed by atoms with Crippen molar-refractivity contribution in [2.45, 2.75) is 6.10 Å². The number of ether oxygens (including phenoxy) is 2. The average Bonchev–Trinajstić information content (AvgIpc) is 2.20. The fourth-order valence-electron chi connectivity index (χ4n) is 1.78. The fourth-order valence-corrected chi connectivity index (χ4v) is 1.78. The zero-order valence-corrected chi connectivity index (χ0v) is 10.4. The summed E-state index contributed by atoms with van der Waals surface area (Å²) in [6.45, 7) is 1.26. The molecule has 0 N–H and O–H groups in total. The fraction of sp³-hybridized carbons (Fsp3) is 0.455. The summed E-state index contributed by atoms with van der Waals surface area (Å²) < 4.78 is 23.7. The first-order valence-electron chi connectivity index (χ1n) is 4.87. The maximum atomic E-state index is 13.0. The maximum Gasteiger partial charge on any atom is 0.143 e. The highest BCUT2D eigenvalue weighted by molar-refractivity contribution is 7.59. The van der Waals surface area contributed by atoms with E-state index < -0.39 is 0 Å². The second-order valence-electron chi connectivity index (χ2n) is 3.69. The molecular formula is C11H16FNO2S. The molecule has 0 spiro atoms. The molecule has 1 aliphatic rings. The topological polar surface area (TPSA) is 21.7 Å². The van der Waals surface area contributed by atoms with Crippen molar-refractivity contribution >= 4 is 19.2 Å². The number of nitrogens with zero attached hydrogens (tertiary/aromatic N) is 1. The Morgan fingerprint density at radius 2 is 2.31 bits per heavy atom. The third-order valence-electron chi connectivity index (χ3n) is 2.46. The minimum atomic E-state index is -0.241. The van der Waals surface area contributed by atoms with Crippen molar-refractivity contribution in [2.75, 3.05) is 32.2 Å². The second kappa shape index (κ2) is 5.41. The van der Waals surface area contributed by atoms with Gasteiger partial charge in [0.1, 0.15) is 17.7 Å². The Bertz CT molecular complexity index is 362. The highest BCUT2D eigenvalue weighted by atomic mass is 32.1. The van der Waals surface area contributed by atoms with Crippen molar-refractivity contribution in [3.63, 3.8) is 0 Å². The van der Waals surface area contributed by atoms with Crippen molar-refractivity contribution in [2.24, 2.45) is 0 Å². The summed E-state index contributed by atoms with van der Waals surface area (Å²) in [6.07, 6.45) is 0.0120. The maximum absolute atomic E-state index is 13.0. The first-order valence-corrected chi connectivity index (χ1v) is 4.87. The van der Waals surface area contributed by atoms with E-state index in [0.717, 1.165) is 5.69 Å². The number of halogens is 1. The van der Waals surface area contributed by atoms with Crippen molar-refractivity contribution in [3.8, 4) is 5.75 Å². The Morgan fingerprint density at radius 1 is 1.56 bits per heavy atom. The van der Waals surface area contributed by atoms with Crippen molar-refractivity contribution in [3.05, 3.63) is 24.0 Å². The first kappa shape index (κ1) is 13.1. The highest BCUT2D eigenvalue weighted by Crippen LogP contribution is 2.32. The summed E-state index contributed by atoms with van der Waals surface area (Å²) in [6, 6.07) is 4.54. The molecule has 0 unspecified atom stereocenters. The lowest BCUT2D eigenvalue weighted by molar-refractivity contribution is 0.0800. The van der Waals surface area contributed by atoms with Crippen LogP contribution < -0.4 is 9.64 Å². The molecular weight excluding hydrogens is 229 g/mol. The van der Waals surface area contributed by atoms with E-state index in [9.17, 15) is 4.39 Å². The standard InChI is InChI=1S/C11H14FNO2.H2S/c1-13-6-9(7-14-2)15-11-4-3-8(12)5-10(11)13;/h3-5,9H,6-7H2,1-2H3;1H2/t9-;/m0./s1. The van der Waals surface area contributed by atoms with E-state index in [1.165, 1.54) is 12.1 Å². The number of benzene rings is 1. The molecule has 0 saturated carbocycles. The van der Waals surface area contributed by atoms with Gasteiger partial charge in [0.25, 0.3) is 0 Å². The molecule has 0 saturated heterocycles. The quantitative estimate of drug-likeness (QED) is 0.793. The zero-order valence-electron chi connectivity index (χ0n) is 9.37. The van der Waals surface area contributed by atoms with Gasteiger partial charge in [0.15, 0.2) is 0 Å². The van der Waals surface area contributed by atoms with Crippen LogP contribution in [0.5, 0.6) is 5.75 Å². The van der Waals surface area contributed by atoms with Crippen LogP contribution in [0.25, 0.3) is 0 Å². The van der Waals surface area contributed by atoms with Crippen LogP contribution in [-0.4, -0.2) is 33.4 Å². The molecule has 3 nitrogen and oxygen atoms in total. The van der Waals surface area contributed by atoms with Gasteiger partial charge in [-0.1, -0.05) is 0 Å². The van der Waals surface area contributed by atoms with E-state index in [1.807, 2.05) is 11.9 Å². The Labute approximate surface area is 102 Å². The molecule has 0 bridgehead atoms. The minimum Gasteiger partial charge on any atom is -0.484 e. The lowest BCUT2D eigenvalue weighted by atomic mass is 10.2. The predicted molar refractivity (Wildman–Crippen MR) is 66.3 cm³/mol. The summed E-state index contributed by atoms with van der Waals surface area (Å²) in [5.74, 6) is 0.474. The van der Waals surface area contributed by atoms with E-state index in [0.29, 0.717) is 18.9 Å². The van der Waals surface area contributed by atoms with Gasteiger partial charge in [0.05, 0.1) is 18.8 Å². The number of likely N-dealkylation sites (N-methyl/N-ethyl adjacent to an activating group) is 1. The predicted octanol–water partition coefficient (Wildman–Crippen LogP) is 1.78. The third kappa shape index (κ3) is 2.59. The SMILES string of the molecule is COC[C@@H]1CN(C)c2cc(F)ccc2O1.S. The molecule has 1 aromatic rings. The molecule has 1 heterocycles. The summed E-state index contributed by atoms with van der Waals surface area (Å²) in [5, 5.41) is 0. The van der Waals surface area contributed by atoms with E-state index >= 15 is 0 Å². The molecule has 0 radical (unpaired) electrons. The molecule has 2 rings (SSSR count). The van der Waals surface area contributed by atoms with Gasteiger partial charge in [0.2, 0.25) is 0 Å². The summed E-state index contributed by atoms with van der Waals surface area (Å²) in [4.78, 5) is 1.98. The number of methoxy groups -OCH3 is 1. The number of hydrogen-bond acceptors (Lipinski definition) is 3. The Morgan fingerprint density at radius 3 is 3.00 bits per heavy atom. The van der Waals surface area contributed by atoms with Crippen molar-refractivity contribution < 1.29 is 13.9 Å². The van der Waals surface area contributed by atoms with Gasteiger partial charge in [-0.2, -0.15) is 13.5 Å². The summed E-state index contributed by atoms with van der Waals surface area (Å²) >= 11 is 0. The van der Waals surface area contributed by atoms with Gasteiger partial charge in [-0.25, -0.2) is 4.39 Å². The van der Waals surface area contributed by atoms with Gasteiger partial charge in [-0.05, 0) is 12.1 Å². The Hall–Kier alpha value is -0.940. The third-order valence-corrected chi connectivity index (χ3v) is 2.46. The average molecular weight is 245 g/mol. The van der Waals surface area contributed by atoms with Gasteiger partial charge >= 0.3 is 0 Å². The molecule has 16 heavy (non-hydrogen) atoms. The summed E-state index contributed by atoms with van der Waals surface area (Å²) in [7, 11) is 3.56. The van der Waals surface area contributed by atoms with E-state index in [1.54, 1.807) is 13.2 Å². The number of hydrogen-bond donors (Lipinski definition) is 0. The normalized spacial score (nSPS) is 18.4. The van der Waals surface area contributed by atoms with Crippen LogP contribution in [0, 0.1) is 5.82 Å². The van der Waals surface area contributed by atoms with Crippen LogP contribution in [0.4, 0.5) is 10.1 Å². The molecule has 1 aromatic carbocycles. The highest BCUT2D eigenvalue weighted by Gasteiger charge is 2.23. The van der Waals surface area contributed by atoms with Crippen molar-refractivity contribution in [1.82, 2.24) is 0 Å². The molecule has 1 atom stereocenters. The molecule has 1 aliphatic heterocycles. The monoisotopic (exact) mass is 245 g/mol. The molecule has 90 valence electrons. The molecule has 0 aromatic heterocycles. The molecule has 0 aliphatic carbocycles. The van der Waals surface area contributed by atoms with Gasteiger partial charge in [-0.15, -0.1) is 0 Å². The molecule has 0 fully saturated rings. The Balaban J connectivity index is 0.00000128. The van der Waals surface area contributed by atoms with Crippen LogP contribution in [0.15, 0.2) is 18.2 Å². The van der Waals surface area contributed by atoms with E-state index in [4.69, 9.17) is 9.47 Å². The minimum absolute atomic E-state index is 0. The number of rotatable bonds is 2. The number of anilines is 1. The van der Waals surface area contributed by atoms with Gasteiger partial charge < -0.3 is 14.4 Å². The number of fused-ring (bicyclic) bond motifs is 1. The van der Waals surface area contributed by atoms with E-state index in [-0.39, 0.29) is 25.4 Å². The van der Waals surface area contributed by atoms with Gasteiger partial charge in [0, 0.05) is 20.2 Å². The van der Waals surface area contributed by atoms with Crippen LogP contribution in [0.1, 0.15) is 0 Å². The summed E-state index contributed by atoms with van der Waals surface area (Å²) in [5.41, 5.74) is 0.794. The lowest BCUT2D eigenvalue weighted by Crippen LogP contribution is -2.40. The van der Waals surface area contributed by atoms with Crippen LogP contribution >= 0.6 is 13.5 Å². The molecule has 5 heteroatoms. The van der Waals surface area contributed by atoms with E-state index in [2.05, 4.69) is 0 Å². The second-order valence-corrected chi connectivity index (χ2v) is 3.69.